The van der Waals surface area contributed by atoms with Crippen molar-refractivity contribution in [1.82, 2.24) is 0 Å². The molecule has 0 bridgehead atoms. The molecule has 0 aromatic rings. The summed E-state index contributed by atoms with van der Waals surface area (Å²) in [5, 5.41) is 5.00. The van der Waals surface area contributed by atoms with E-state index < -0.39 is 14.2 Å². The van der Waals surface area contributed by atoms with Crippen LogP contribution in [0.5, 0.6) is 0 Å². The first-order valence-corrected chi connectivity index (χ1v) is 5.35. The largest absolute Gasteiger partial charge is 0.228 e. The van der Waals surface area contributed by atoms with Gasteiger partial charge in [0.25, 0.3) is 0 Å². The van der Waals surface area contributed by atoms with Crippen LogP contribution in [0.1, 0.15) is 0 Å². The highest BCUT2D eigenvalue weighted by molar-refractivity contribution is 9.13. The summed E-state index contributed by atoms with van der Waals surface area (Å²) in [6.07, 6.45) is 0. The summed E-state index contributed by atoms with van der Waals surface area (Å²) in [5.74, 6) is 0. The molecule has 0 aromatic heterocycles. The minimum atomic E-state index is -3.38. The molecule has 0 aromatic carbocycles. The van der Waals surface area contributed by atoms with Crippen molar-refractivity contribution < 1.29 is 8.42 Å². The number of rotatable bonds is 2. The molecule has 0 heterocycles. The van der Waals surface area contributed by atoms with Crippen LogP contribution in [0.2, 0.25) is 0 Å². The van der Waals surface area contributed by atoms with Crippen LogP contribution in [-0.2, 0) is 10.0 Å². The number of alkyl halides is 2. The van der Waals surface area contributed by atoms with Gasteiger partial charge in [-0.25, -0.2) is 13.6 Å². The van der Waals surface area contributed by atoms with Gasteiger partial charge in [0.2, 0.25) is 10.0 Å². The summed E-state index contributed by atoms with van der Waals surface area (Å²) in [6.45, 7) is 0. The predicted molar refractivity (Wildman–Crippen MR) is 39.6 cm³/mol. The minimum absolute atomic E-state index is 0.311. The average Bonchev–Trinajstić information content (AvgIpc) is 1.62. The number of primary sulfonamides is 1. The van der Waals surface area contributed by atoms with Crippen LogP contribution in [-0.4, -0.2) is 17.9 Å². The SMILES string of the molecule is NS(=O)(=O)C(Br)CBr. The van der Waals surface area contributed by atoms with Crippen molar-refractivity contribution in [3.05, 3.63) is 0 Å². The van der Waals surface area contributed by atoms with Gasteiger partial charge in [-0.05, 0) is 0 Å². The molecule has 1 atom stereocenters. The fraction of sp³-hybridized carbons (Fsp3) is 1.00. The van der Waals surface area contributed by atoms with Crippen LogP contribution >= 0.6 is 31.9 Å². The van der Waals surface area contributed by atoms with E-state index in [1.54, 1.807) is 0 Å². The lowest BCUT2D eigenvalue weighted by atomic mass is 11.0. The van der Waals surface area contributed by atoms with Gasteiger partial charge in [-0.3, -0.25) is 0 Å². The summed E-state index contributed by atoms with van der Waals surface area (Å²) in [5.41, 5.74) is 0. The average molecular weight is 267 g/mol. The van der Waals surface area contributed by atoms with E-state index in [9.17, 15) is 8.42 Å². The molecule has 0 aliphatic carbocycles. The zero-order chi connectivity index (χ0) is 6.78. The van der Waals surface area contributed by atoms with Crippen molar-refractivity contribution in [3.8, 4) is 0 Å². The normalized spacial score (nSPS) is 15.9. The van der Waals surface area contributed by atoms with Gasteiger partial charge in [-0.1, -0.05) is 31.9 Å². The Labute approximate surface area is 64.9 Å². The molecule has 0 saturated carbocycles. The Morgan fingerprint density at radius 2 is 2.00 bits per heavy atom. The summed E-state index contributed by atoms with van der Waals surface area (Å²) in [7, 11) is -3.38. The molecule has 0 aliphatic rings. The Morgan fingerprint density at radius 3 is 2.00 bits per heavy atom. The first-order chi connectivity index (χ1) is 3.48. The van der Waals surface area contributed by atoms with Gasteiger partial charge in [0.1, 0.15) is 4.16 Å². The van der Waals surface area contributed by atoms with Gasteiger partial charge >= 0.3 is 0 Å². The molecule has 3 nitrogen and oxygen atoms in total. The zero-order valence-electron chi connectivity index (χ0n) is 3.84. The summed E-state index contributed by atoms with van der Waals surface area (Å²) in [4.78, 5) is 0. The Bertz CT molecular complexity index is 153. The summed E-state index contributed by atoms with van der Waals surface area (Å²) >= 11 is 5.78. The topological polar surface area (TPSA) is 60.2 Å². The van der Waals surface area contributed by atoms with Crippen molar-refractivity contribution in [2.24, 2.45) is 5.14 Å². The lowest BCUT2D eigenvalue weighted by Crippen LogP contribution is -2.24. The van der Waals surface area contributed by atoms with Gasteiger partial charge in [0.05, 0.1) is 0 Å². The minimum Gasteiger partial charge on any atom is -0.228 e. The molecule has 0 fully saturated rings. The third-order valence-electron chi connectivity index (χ3n) is 0.478. The molecule has 0 aliphatic heterocycles. The third kappa shape index (κ3) is 3.01. The maximum absolute atomic E-state index is 10.3. The van der Waals surface area contributed by atoms with E-state index in [0.29, 0.717) is 5.33 Å². The molecule has 8 heavy (non-hydrogen) atoms. The fourth-order valence-corrected chi connectivity index (χ4v) is 1.37. The van der Waals surface area contributed by atoms with Crippen molar-refractivity contribution in [2.75, 3.05) is 5.33 Å². The van der Waals surface area contributed by atoms with E-state index in [2.05, 4.69) is 37.0 Å². The molecule has 6 heteroatoms. The van der Waals surface area contributed by atoms with E-state index in [4.69, 9.17) is 0 Å². The molecule has 2 N–H and O–H groups in total. The maximum atomic E-state index is 10.3. The highest BCUT2D eigenvalue weighted by atomic mass is 79.9. The van der Waals surface area contributed by atoms with Crippen molar-refractivity contribution in [3.63, 3.8) is 0 Å². The summed E-state index contributed by atoms with van der Waals surface area (Å²) in [6, 6.07) is 0. The van der Waals surface area contributed by atoms with Crippen LogP contribution in [0.15, 0.2) is 0 Å². The van der Waals surface area contributed by atoms with Gasteiger partial charge in [-0.2, -0.15) is 0 Å². The fourth-order valence-electron chi connectivity index (χ4n) is 0.0878. The van der Waals surface area contributed by atoms with Gasteiger partial charge < -0.3 is 0 Å². The van der Waals surface area contributed by atoms with Crippen LogP contribution < -0.4 is 5.14 Å². The van der Waals surface area contributed by atoms with Crippen molar-refractivity contribution in [1.29, 1.82) is 0 Å². The summed E-state index contributed by atoms with van der Waals surface area (Å²) < 4.78 is 19.9. The molecule has 0 rings (SSSR count). The molecule has 50 valence electrons. The predicted octanol–water partition coefficient (Wildman–Crippen LogP) is 0.391. The number of halogens is 2. The van der Waals surface area contributed by atoms with E-state index in [0.717, 1.165) is 0 Å². The van der Waals surface area contributed by atoms with E-state index in [1.165, 1.54) is 0 Å². The van der Waals surface area contributed by atoms with Gasteiger partial charge in [-0.15, -0.1) is 0 Å². The number of nitrogens with two attached hydrogens (primary N) is 1. The smallest absolute Gasteiger partial charge is 0.222 e. The second-order valence-electron chi connectivity index (χ2n) is 1.15. The molecule has 0 amide bonds. The Morgan fingerprint density at radius 1 is 1.62 bits per heavy atom. The van der Waals surface area contributed by atoms with Crippen LogP contribution in [0.25, 0.3) is 0 Å². The van der Waals surface area contributed by atoms with E-state index in [-0.39, 0.29) is 0 Å². The molecular weight excluding hydrogens is 262 g/mol. The van der Waals surface area contributed by atoms with E-state index in [1.807, 2.05) is 0 Å². The van der Waals surface area contributed by atoms with Crippen LogP contribution in [0.4, 0.5) is 0 Å². The lowest BCUT2D eigenvalue weighted by molar-refractivity contribution is 0.597. The second-order valence-corrected chi connectivity index (χ2v) is 5.26. The van der Waals surface area contributed by atoms with Crippen LogP contribution in [0.3, 0.4) is 0 Å². The van der Waals surface area contributed by atoms with E-state index >= 15 is 0 Å². The Balaban J connectivity index is 4.04. The number of hydrogen-bond acceptors (Lipinski definition) is 2. The van der Waals surface area contributed by atoms with Crippen molar-refractivity contribution >= 4 is 41.9 Å². The number of sulfonamides is 1. The monoisotopic (exact) mass is 265 g/mol. The van der Waals surface area contributed by atoms with Crippen molar-refractivity contribution in [2.45, 2.75) is 4.16 Å². The van der Waals surface area contributed by atoms with Gasteiger partial charge in [0.15, 0.2) is 0 Å². The molecule has 1 unspecified atom stereocenters. The molecule has 0 spiro atoms. The Hall–Kier alpha value is 0.870. The van der Waals surface area contributed by atoms with Crippen LogP contribution in [0, 0.1) is 0 Å². The first-order valence-electron chi connectivity index (χ1n) is 1.70. The zero-order valence-corrected chi connectivity index (χ0v) is 7.83. The Kier molecular flexibility index (Phi) is 3.49. The van der Waals surface area contributed by atoms with Gasteiger partial charge in [0, 0.05) is 5.33 Å². The highest BCUT2D eigenvalue weighted by Crippen LogP contribution is 2.07. The molecule has 0 saturated heterocycles. The second kappa shape index (κ2) is 3.14. The standard InChI is InChI=1S/C2H5Br2NO2S/c3-1-2(4)8(5,6)7/h2H,1H2,(H2,5,6,7). The number of hydrogen-bond donors (Lipinski definition) is 1. The lowest BCUT2D eigenvalue weighted by Gasteiger charge is -1.98. The maximum Gasteiger partial charge on any atom is 0.222 e. The first kappa shape index (κ1) is 8.87. The highest BCUT2D eigenvalue weighted by Gasteiger charge is 2.14. The quantitative estimate of drug-likeness (QED) is 0.736. The molecule has 0 radical (unpaired) electrons. The third-order valence-corrected chi connectivity index (χ3v) is 5.19. The molecular formula is C2H5Br2NO2S.